The van der Waals surface area contributed by atoms with Crippen molar-refractivity contribution in [2.24, 2.45) is 5.92 Å². The lowest BCUT2D eigenvalue weighted by atomic mass is 9.91. The van der Waals surface area contributed by atoms with Crippen LogP contribution in [0.4, 0.5) is 0 Å². The van der Waals surface area contributed by atoms with E-state index in [1.165, 1.54) is 0 Å². The van der Waals surface area contributed by atoms with Gasteiger partial charge in [-0.25, -0.2) is 0 Å². The molecule has 0 amide bonds. The summed E-state index contributed by atoms with van der Waals surface area (Å²) >= 11 is 0. The molecule has 0 aromatic carbocycles. The number of rotatable bonds is 3. The number of ether oxygens (including phenoxy) is 2. The zero-order chi connectivity index (χ0) is 7.61. The van der Waals surface area contributed by atoms with E-state index in [-0.39, 0.29) is 5.60 Å². The van der Waals surface area contributed by atoms with Crippen molar-refractivity contribution < 1.29 is 9.47 Å². The first-order chi connectivity index (χ1) is 4.68. The lowest BCUT2D eigenvalue weighted by Gasteiger charge is -2.41. The van der Waals surface area contributed by atoms with Gasteiger partial charge in [-0.15, -0.1) is 0 Å². The summed E-state index contributed by atoms with van der Waals surface area (Å²) in [5.74, 6) is 0.698. The molecule has 2 heteroatoms. The molecule has 0 radical (unpaired) electrons. The lowest BCUT2D eigenvalue weighted by molar-refractivity contribution is -0.203. The molecule has 0 spiro atoms. The maximum atomic E-state index is 5.36. The van der Waals surface area contributed by atoms with Crippen LogP contribution >= 0.6 is 0 Å². The molecule has 0 aromatic heterocycles. The summed E-state index contributed by atoms with van der Waals surface area (Å²) in [6, 6.07) is 0. The van der Waals surface area contributed by atoms with Crippen molar-refractivity contribution in [1.82, 2.24) is 0 Å². The molecule has 0 unspecified atom stereocenters. The van der Waals surface area contributed by atoms with Gasteiger partial charge >= 0.3 is 0 Å². The average Bonchev–Trinajstić information content (AvgIpc) is 1.78. The maximum absolute atomic E-state index is 5.36. The van der Waals surface area contributed by atoms with Gasteiger partial charge in [0, 0.05) is 7.11 Å². The largest absolute Gasteiger partial charge is 0.375 e. The van der Waals surface area contributed by atoms with Gasteiger partial charge in [0.15, 0.2) is 0 Å². The first-order valence-electron chi connectivity index (χ1n) is 3.81. The third kappa shape index (κ3) is 1.50. The van der Waals surface area contributed by atoms with Crippen LogP contribution in [0, 0.1) is 5.92 Å². The fourth-order valence-corrected chi connectivity index (χ4v) is 1.39. The zero-order valence-electron chi connectivity index (χ0n) is 7.02. The van der Waals surface area contributed by atoms with E-state index in [2.05, 4.69) is 13.8 Å². The summed E-state index contributed by atoms with van der Waals surface area (Å²) in [6.45, 7) is 5.97. The first kappa shape index (κ1) is 8.02. The molecule has 1 rings (SSSR count). The minimum Gasteiger partial charge on any atom is -0.375 e. The molecule has 0 atom stereocenters. The Bertz CT molecular complexity index is 100. The normalized spacial score (nSPS) is 22.8. The van der Waals surface area contributed by atoms with Crippen LogP contribution in [0.3, 0.4) is 0 Å². The highest BCUT2D eigenvalue weighted by Crippen LogP contribution is 2.28. The molecule has 0 aromatic rings. The Kier molecular flexibility index (Phi) is 2.32. The summed E-state index contributed by atoms with van der Waals surface area (Å²) in [6.07, 6.45) is 1.11. The van der Waals surface area contributed by atoms with E-state index < -0.39 is 0 Å². The van der Waals surface area contributed by atoms with Crippen LogP contribution in [0.2, 0.25) is 0 Å². The van der Waals surface area contributed by atoms with Gasteiger partial charge in [0.05, 0.1) is 13.2 Å². The number of hydrogen-bond donors (Lipinski definition) is 0. The van der Waals surface area contributed by atoms with E-state index in [0.29, 0.717) is 5.92 Å². The van der Waals surface area contributed by atoms with Crippen LogP contribution < -0.4 is 0 Å². The monoisotopic (exact) mass is 144 g/mol. The van der Waals surface area contributed by atoms with Gasteiger partial charge in [-0.2, -0.15) is 0 Å². The van der Waals surface area contributed by atoms with Crippen molar-refractivity contribution in [1.29, 1.82) is 0 Å². The Morgan fingerprint density at radius 2 is 2.10 bits per heavy atom. The molecular weight excluding hydrogens is 128 g/mol. The lowest BCUT2D eigenvalue weighted by Crippen LogP contribution is -2.51. The Labute approximate surface area is 62.5 Å². The molecule has 0 bridgehead atoms. The molecule has 1 saturated heterocycles. The van der Waals surface area contributed by atoms with Crippen molar-refractivity contribution in [2.45, 2.75) is 25.9 Å². The molecule has 1 heterocycles. The molecule has 60 valence electrons. The Morgan fingerprint density at radius 3 is 2.20 bits per heavy atom. The van der Waals surface area contributed by atoms with Crippen LogP contribution in [-0.4, -0.2) is 25.9 Å². The summed E-state index contributed by atoms with van der Waals surface area (Å²) in [7, 11) is 1.77. The first-order valence-corrected chi connectivity index (χ1v) is 3.81. The Morgan fingerprint density at radius 1 is 1.50 bits per heavy atom. The standard InChI is InChI=1S/C8H16O2/c1-7(2)4-8(9-3)5-10-6-8/h7H,4-6H2,1-3H3. The van der Waals surface area contributed by atoms with Crippen LogP contribution in [0.1, 0.15) is 20.3 Å². The van der Waals surface area contributed by atoms with E-state index in [9.17, 15) is 0 Å². The second-order valence-electron chi connectivity index (χ2n) is 3.48. The topological polar surface area (TPSA) is 18.5 Å². The van der Waals surface area contributed by atoms with Crippen LogP contribution in [0.5, 0.6) is 0 Å². The highest BCUT2D eigenvalue weighted by molar-refractivity contribution is 4.87. The number of hydrogen-bond acceptors (Lipinski definition) is 2. The maximum Gasteiger partial charge on any atom is 0.114 e. The summed E-state index contributed by atoms with van der Waals surface area (Å²) in [5.41, 5.74) is 0.0637. The van der Waals surface area contributed by atoms with Gasteiger partial charge in [0.25, 0.3) is 0 Å². The molecule has 0 aliphatic carbocycles. The van der Waals surface area contributed by atoms with Gasteiger partial charge in [-0.05, 0) is 12.3 Å². The molecule has 0 N–H and O–H groups in total. The molecule has 1 aliphatic heterocycles. The van der Waals surface area contributed by atoms with E-state index in [0.717, 1.165) is 19.6 Å². The third-order valence-corrected chi connectivity index (χ3v) is 1.94. The van der Waals surface area contributed by atoms with Gasteiger partial charge in [0.2, 0.25) is 0 Å². The molecule has 2 nitrogen and oxygen atoms in total. The van der Waals surface area contributed by atoms with Gasteiger partial charge in [-0.3, -0.25) is 0 Å². The van der Waals surface area contributed by atoms with Crippen LogP contribution in [0.15, 0.2) is 0 Å². The molecule has 1 fully saturated rings. The fraction of sp³-hybridized carbons (Fsp3) is 1.00. The summed E-state index contributed by atoms with van der Waals surface area (Å²) in [4.78, 5) is 0. The molecular formula is C8H16O2. The quantitative estimate of drug-likeness (QED) is 0.597. The van der Waals surface area contributed by atoms with Crippen molar-refractivity contribution in [3.05, 3.63) is 0 Å². The second-order valence-corrected chi connectivity index (χ2v) is 3.48. The highest BCUT2D eigenvalue weighted by Gasteiger charge is 2.38. The van der Waals surface area contributed by atoms with E-state index >= 15 is 0 Å². The van der Waals surface area contributed by atoms with E-state index in [4.69, 9.17) is 9.47 Å². The molecule has 0 saturated carbocycles. The molecule has 10 heavy (non-hydrogen) atoms. The summed E-state index contributed by atoms with van der Waals surface area (Å²) < 4.78 is 10.5. The van der Waals surface area contributed by atoms with Crippen molar-refractivity contribution in [2.75, 3.05) is 20.3 Å². The minimum absolute atomic E-state index is 0.0637. The molecule has 1 aliphatic rings. The smallest absolute Gasteiger partial charge is 0.114 e. The second kappa shape index (κ2) is 2.89. The van der Waals surface area contributed by atoms with Gasteiger partial charge in [-0.1, -0.05) is 13.8 Å². The van der Waals surface area contributed by atoms with Gasteiger partial charge < -0.3 is 9.47 Å². The number of methoxy groups -OCH3 is 1. The fourth-order valence-electron chi connectivity index (χ4n) is 1.39. The van der Waals surface area contributed by atoms with Crippen LogP contribution in [-0.2, 0) is 9.47 Å². The van der Waals surface area contributed by atoms with Crippen LogP contribution in [0.25, 0.3) is 0 Å². The van der Waals surface area contributed by atoms with E-state index in [1.54, 1.807) is 7.11 Å². The van der Waals surface area contributed by atoms with Gasteiger partial charge in [0.1, 0.15) is 5.60 Å². The average molecular weight is 144 g/mol. The predicted octanol–water partition coefficient (Wildman–Crippen LogP) is 1.45. The van der Waals surface area contributed by atoms with Crippen molar-refractivity contribution >= 4 is 0 Å². The minimum atomic E-state index is 0.0637. The Hall–Kier alpha value is -0.0800. The van der Waals surface area contributed by atoms with E-state index in [1.807, 2.05) is 0 Å². The van der Waals surface area contributed by atoms with Crippen molar-refractivity contribution in [3.63, 3.8) is 0 Å². The predicted molar refractivity (Wildman–Crippen MR) is 40.0 cm³/mol. The summed E-state index contributed by atoms with van der Waals surface area (Å²) in [5, 5.41) is 0. The van der Waals surface area contributed by atoms with Crippen molar-refractivity contribution in [3.8, 4) is 0 Å². The SMILES string of the molecule is COC1(CC(C)C)COC1. The third-order valence-electron chi connectivity index (χ3n) is 1.94. The Balaban J connectivity index is 2.33. The highest BCUT2D eigenvalue weighted by atomic mass is 16.6. The zero-order valence-corrected chi connectivity index (χ0v) is 7.02.